The lowest BCUT2D eigenvalue weighted by Gasteiger charge is -2.13. The molecule has 5 heteroatoms. The van der Waals surface area contributed by atoms with Gasteiger partial charge in [-0.25, -0.2) is 0 Å². The third-order valence-corrected chi connectivity index (χ3v) is 2.00. The van der Waals surface area contributed by atoms with Crippen molar-refractivity contribution in [2.45, 2.75) is 13.5 Å². The quantitative estimate of drug-likeness (QED) is 0.681. The molecule has 86 valence electrons. The van der Waals surface area contributed by atoms with E-state index < -0.39 is 0 Å². The third-order valence-electron chi connectivity index (χ3n) is 2.00. The monoisotopic (exact) mass is 213 g/mol. The van der Waals surface area contributed by atoms with Crippen molar-refractivity contribution in [3.05, 3.63) is 12.0 Å². The molecule has 0 amide bonds. The third kappa shape index (κ3) is 3.89. The first kappa shape index (κ1) is 12.0. The predicted molar refractivity (Wildman–Crippen MR) is 59.0 cm³/mol. The Labute approximate surface area is 90.4 Å². The van der Waals surface area contributed by atoms with Crippen LogP contribution in [-0.4, -0.2) is 38.8 Å². The van der Waals surface area contributed by atoms with E-state index in [1.807, 2.05) is 25.9 Å². The van der Waals surface area contributed by atoms with E-state index in [0.29, 0.717) is 12.6 Å². The molecule has 0 aliphatic heterocycles. The van der Waals surface area contributed by atoms with Crippen LogP contribution in [0.3, 0.4) is 0 Å². The van der Waals surface area contributed by atoms with Gasteiger partial charge in [-0.05, 0) is 14.0 Å². The molecule has 0 saturated carbocycles. The summed E-state index contributed by atoms with van der Waals surface area (Å²) in [6.07, 6.45) is 1.67. The van der Waals surface area contributed by atoms with Gasteiger partial charge >= 0.3 is 0 Å². The molecule has 0 aromatic carbocycles. The van der Waals surface area contributed by atoms with E-state index in [-0.39, 0.29) is 0 Å². The van der Waals surface area contributed by atoms with Crippen LogP contribution in [-0.2, 0) is 11.3 Å². The second-order valence-electron chi connectivity index (χ2n) is 3.27. The lowest BCUT2D eigenvalue weighted by Crippen LogP contribution is -2.23. The van der Waals surface area contributed by atoms with Crippen molar-refractivity contribution < 1.29 is 9.15 Å². The molecule has 0 bridgehead atoms. The van der Waals surface area contributed by atoms with Gasteiger partial charge in [0, 0.05) is 26.7 Å². The molecule has 0 radical (unpaired) electrons. The smallest absolute Gasteiger partial charge is 0.297 e. The molecular weight excluding hydrogens is 194 g/mol. The summed E-state index contributed by atoms with van der Waals surface area (Å²) in [6, 6.07) is 0.639. The fraction of sp³-hybridized carbons (Fsp3) is 0.700. The molecule has 5 nitrogen and oxygen atoms in total. The van der Waals surface area contributed by atoms with Crippen LogP contribution in [0.1, 0.15) is 12.6 Å². The summed E-state index contributed by atoms with van der Waals surface area (Å²) in [5.74, 6) is 0. The van der Waals surface area contributed by atoms with Crippen molar-refractivity contribution in [2.75, 3.05) is 38.8 Å². The Morgan fingerprint density at radius 1 is 1.60 bits per heavy atom. The Bertz CT molecular complexity index is 275. The summed E-state index contributed by atoms with van der Waals surface area (Å²) in [5.41, 5.74) is 0.913. The summed E-state index contributed by atoms with van der Waals surface area (Å²) < 4.78 is 10.6. The zero-order valence-electron chi connectivity index (χ0n) is 9.62. The van der Waals surface area contributed by atoms with Crippen LogP contribution in [0.25, 0.3) is 0 Å². The highest BCUT2D eigenvalue weighted by Gasteiger charge is 2.07. The van der Waals surface area contributed by atoms with Crippen LogP contribution < -0.4 is 10.2 Å². The summed E-state index contributed by atoms with van der Waals surface area (Å²) >= 11 is 0. The summed E-state index contributed by atoms with van der Waals surface area (Å²) in [7, 11) is 3.82. The van der Waals surface area contributed by atoms with Crippen molar-refractivity contribution in [3.63, 3.8) is 0 Å². The van der Waals surface area contributed by atoms with E-state index in [9.17, 15) is 0 Å². The largest absolute Gasteiger partial charge is 0.432 e. The van der Waals surface area contributed by atoms with Crippen molar-refractivity contribution in [3.8, 4) is 0 Å². The maximum Gasteiger partial charge on any atom is 0.297 e. The number of anilines is 1. The molecule has 1 aromatic heterocycles. The van der Waals surface area contributed by atoms with Crippen LogP contribution in [0, 0.1) is 0 Å². The SMILES string of the molecule is CCOCCN(C)c1nc(CNC)co1. The molecule has 0 aliphatic carbocycles. The Balaban J connectivity index is 2.39. The maximum absolute atomic E-state index is 5.33. The molecular formula is C10H19N3O2. The molecule has 0 unspecified atom stereocenters. The van der Waals surface area contributed by atoms with Crippen LogP contribution in [0.2, 0.25) is 0 Å². The standard InChI is InChI=1S/C10H19N3O2/c1-4-14-6-5-13(3)10-12-9(7-11-2)8-15-10/h8,11H,4-7H2,1-3H3. The van der Waals surface area contributed by atoms with E-state index >= 15 is 0 Å². The van der Waals surface area contributed by atoms with E-state index in [0.717, 1.165) is 25.4 Å². The first-order chi connectivity index (χ1) is 7.27. The molecule has 1 aromatic rings. The van der Waals surface area contributed by atoms with Gasteiger partial charge in [-0.15, -0.1) is 0 Å². The number of ether oxygens (including phenoxy) is 1. The fourth-order valence-electron chi connectivity index (χ4n) is 1.18. The molecule has 0 aliphatic rings. The van der Waals surface area contributed by atoms with Crippen molar-refractivity contribution in [1.29, 1.82) is 0 Å². The Kier molecular flexibility index (Phi) is 5.14. The average Bonchev–Trinajstić information content (AvgIpc) is 2.67. The number of nitrogens with one attached hydrogen (secondary N) is 1. The van der Waals surface area contributed by atoms with Gasteiger partial charge in [-0.3, -0.25) is 0 Å². The van der Waals surface area contributed by atoms with Crippen LogP contribution in [0.5, 0.6) is 0 Å². The Hall–Kier alpha value is -1.07. The second kappa shape index (κ2) is 6.42. The van der Waals surface area contributed by atoms with Gasteiger partial charge in [0.2, 0.25) is 0 Å². The average molecular weight is 213 g/mol. The minimum Gasteiger partial charge on any atom is -0.432 e. The van der Waals surface area contributed by atoms with Crippen LogP contribution in [0.15, 0.2) is 10.7 Å². The summed E-state index contributed by atoms with van der Waals surface area (Å²) in [4.78, 5) is 6.26. The molecule has 1 rings (SSSR count). The topological polar surface area (TPSA) is 50.5 Å². The van der Waals surface area contributed by atoms with Crippen LogP contribution in [0.4, 0.5) is 6.01 Å². The fourth-order valence-corrected chi connectivity index (χ4v) is 1.18. The van der Waals surface area contributed by atoms with Gasteiger partial charge in [0.1, 0.15) is 6.26 Å². The Morgan fingerprint density at radius 3 is 3.07 bits per heavy atom. The number of hydrogen-bond donors (Lipinski definition) is 1. The summed E-state index contributed by atoms with van der Waals surface area (Å²) in [5, 5.41) is 3.02. The van der Waals surface area contributed by atoms with E-state index in [1.165, 1.54) is 0 Å². The number of oxazole rings is 1. The maximum atomic E-state index is 5.33. The highest BCUT2D eigenvalue weighted by Crippen LogP contribution is 2.11. The van der Waals surface area contributed by atoms with Gasteiger partial charge in [0.05, 0.1) is 12.3 Å². The molecule has 0 fully saturated rings. The number of aromatic nitrogens is 1. The Morgan fingerprint density at radius 2 is 2.40 bits per heavy atom. The first-order valence-electron chi connectivity index (χ1n) is 5.15. The van der Waals surface area contributed by atoms with E-state index in [4.69, 9.17) is 9.15 Å². The molecule has 0 saturated heterocycles. The zero-order chi connectivity index (χ0) is 11.1. The van der Waals surface area contributed by atoms with Crippen molar-refractivity contribution in [2.24, 2.45) is 0 Å². The van der Waals surface area contributed by atoms with Crippen LogP contribution >= 0.6 is 0 Å². The van der Waals surface area contributed by atoms with Gasteiger partial charge in [-0.2, -0.15) is 4.98 Å². The zero-order valence-corrected chi connectivity index (χ0v) is 9.62. The number of likely N-dealkylation sites (N-methyl/N-ethyl adjacent to an activating group) is 1. The number of rotatable bonds is 7. The van der Waals surface area contributed by atoms with Gasteiger partial charge in [0.25, 0.3) is 6.01 Å². The van der Waals surface area contributed by atoms with Gasteiger partial charge in [-0.1, -0.05) is 0 Å². The van der Waals surface area contributed by atoms with Crippen molar-refractivity contribution in [1.82, 2.24) is 10.3 Å². The second-order valence-corrected chi connectivity index (χ2v) is 3.27. The molecule has 0 atom stereocenters. The lowest BCUT2D eigenvalue weighted by atomic mass is 10.5. The number of hydrogen-bond acceptors (Lipinski definition) is 5. The molecule has 0 spiro atoms. The lowest BCUT2D eigenvalue weighted by molar-refractivity contribution is 0.154. The molecule has 1 heterocycles. The van der Waals surface area contributed by atoms with Gasteiger partial charge < -0.3 is 19.4 Å². The first-order valence-corrected chi connectivity index (χ1v) is 5.15. The normalized spacial score (nSPS) is 10.6. The molecule has 1 N–H and O–H groups in total. The predicted octanol–water partition coefficient (Wildman–Crippen LogP) is 0.867. The minimum absolute atomic E-state index is 0.639. The van der Waals surface area contributed by atoms with Crippen molar-refractivity contribution >= 4 is 6.01 Å². The summed E-state index contributed by atoms with van der Waals surface area (Å²) in [6.45, 7) is 4.92. The van der Waals surface area contributed by atoms with E-state index in [1.54, 1.807) is 6.26 Å². The highest BCUT2D eigenvalue weighted by molar-refractivity contribution is 5.24. The minimum atomic E-state index is 0.639. The highest BCUT2D eigenvalue weighted by atomic mass is 16.5. The van der Waals surface area contributed by atoms with E-state index in [2.05, 4.69) is 10.3 Å². The van der Waals surface area contributed by atoms with Gasteiger partial charge in [0.15, 0.2) is 0 Å². The molecule has 15 heavy (non-hydrogen) atoms. The number of nitrogens with zero attached hydrogens (tertiary/aromatic N) is 2.